The average Bonchev–Trinajstić information content (AvgIpc) is 2.38. The summed E-state index contributed by atoms with van der Waals surface area (Å²) in [6, 6.07) is 11.9. The molecule has 0 spiro atoms. The topological polar surface area (TPSA) is 20.2 Å². The minimum atomic E-state index is -4.42. The van der Waals surface area contributed by atoms with Crippen LogP contribution in [-0.4, -0.2) is 5.11 Å². The Hall–Kier alpha value is -1.81. The van der Waals surface area contributed by atoms with Gasteiger partial charge >= 0.3 is 6.18 Å². The maximum absolute atomic E-state index is 12.8. The van der Waals surface area contributed by atoms with Crippen LogP contribution in [0.25, 0.3) is 0 Å². The SMILES string of the molecule is Cc1ccccc1C(C)(O)c1cccc(C(F)(F)F)c1. The van der Waals surface area contributed by atoms with Crippen LogP contribution < -0.4 is 0 Å². The summed E-state index contributed by atoms with van der Waals surface area (Å²) >= 11 is 0. The van der Waals surface area contributed by atoms with E-state index in [4.69, 9.17) is 0 Å². The third-order valence-electron chi connectivity index (χ3n) is 3.42. The summed E-state index contributed by atoms with van der Waals surface area (Å²) in [5.41, 5.74) is -0.577. The molecular formula is C16H15F3O. The zero-order chi connectivity index (χ0) is 15.0. The van der Waals surface area contributed by atoms with Crippen LogP contribution in [-0.2, 0) is 11.8 Å². The lowest BCUT2D eigenvalue weighted by molar-refractivity contribution is -0.137. The van der Waals surface area contributed by atoms with E-state index in [1.807, 2.05) is 19.1 Å². The van der Waals surface area contributed by atoms with Crippen molar-refractivity contribution in [3.05, 3.63) is 70.8 Å². The highest BCUT2D eigenvalue weighted by atomic mass is 19.4. The first kappa shape index (κ1) is 14.6. The van der Waals surface area contributed by atoms with Gasteiger partial charge in [0.25, 0.3) is 0 Å². The maximum atomic E-state index is 12.8. The molecule has 0 saturated carbocycles. The Bertz CT molecular complexity index is 615. The number of hydrogen-bond donors (Lipinski definition) is 1. The fourth-order valence-electron chi connectivity index (χ4n) is 2.27. The summed E-state index contributed by atoms with van der Waals surface area (Å²) in [7, 11) is 0. The van der Waals surface area contributed by atoms with Gasteiger partial charge in [0.05, 0.1) is 5.56 Å². The summed E-state index contributed by atoms with van der Waals surface area (Å²) in [5, 5.41) is 10.7. The Morgan fingerprint density at radius 3 is 2.10 bits per heavy atom. The maximum Gasteiger partial charge on any atom is 0.416 e. The molecule has 20 heavy (non-hydrogen) atoms. The first-order valence-electron chi connectivity index (χ1n) is 6.19. The van der Waals surface area contributed by atoms with Gasteiger partial charge in [0.1, 0.15) is 5.60 Å². The molecule has 0 fully saturated rings. The van der Waals surface area contributed by atoms with Crippen molar-refractivity contribution in [1.82, 2.24) is 0 Å². The van der Waals surface area contributed by atoms with Crippen molar-refractivity contribution in [2.75, 3.05) is 0 Å². The van der Waals surface area contributed by atoms with Crippen LogP contribution in [0.15, 0.2) is 48.5 Å². The van der Waals surface area contributed by atoms with Gasteiger partial charge in [-0.05, 0) is 42.7 Å². The molecule has 0 radical (unpaired) electrons. The van der Waals surface area contributed by atoms with Crippen LogP contribution in [0, 0.1) is 6.92 Å². The molecule has 106 valence electrons. The van der Waals surface area contributed by atoms with Gasteiger partial charge < -0.3 is 5.11 Å². The molecule has 1 nitrogen and oxygen atoms in total. The summed E-state index contributed by atoms with van der Waals surface area (Å²) in [6.07, 6.45) is -4.42. The molecule has 1 unspecified atom stereocenters. The van der Waals surface area contributed by atoms with E-state index in [1.165, 1.54) is 19.1 Å². The van der Waals surface area contributed by atoms with E-state index in [2.05, 4.69) is 0 Å². The summed E-state index contributed by atoms with van der Waals surface area (Å²) in [5.74, 6) is 0. The Kier molecular flexibility index (Phi) is 3.61. The summed E-state index contributed by atoms with van der Waals surface area (Å²) < 4.78 is 38.3. The molecule has 1 N–H and O–H groups in total. The van der Waals surface area contributed by atoms with E-state index >= 15 is 0 Å². The normalized spacial score (nSPS) is 14.9. The van der Waals surface area contributed by atoms with Crippen LogP contribution in [0.2, 0.25) is 0 Å². The number of rotatable bonds is 2. The molecule has 0 bridgehead atoms. The Morgan fingerprint density at radius 1 is 0.900 bits per heavy atom. The molecule has 2 aromatic carbocycles. The van der Waals surface area contributed by atoms with Gasteiger partial charge in [0.15, 0.2) is 0 Å². The molecule has 0 aromatic heterocycles. The second-order valence-corrected chi connectivity index (χ2v) is 4.97. The van der Waals surface area contributed by atoms with Crippen molar-refractivity contribution < 1.29 is 18.3 Å². The minimum Gasteiger partial charge on any atom is -0.381 e. The summed E-state index contributed by atoms with van der Waals surface area (Å²) in [4.78, 5) is 0. The predicted molar refractivity (Wildman–Crippen MR) is 71.3 cm³/mol. The highest BCUT2D eigenvalue weighted by molar-refractivity contribution is 5.41. The second-order valence-electron chi connectivity index (χ2n) is 4.97. The molecule has 1 atom stereocenters. The zero-order valence-electron chi connectivity index (χ0n) is 11.2. The summed E-state index contributed by atoms with van der Waals surface area (Å²) in [6.45, 7) is 3.32. The lowest BCUT2D eigenvalue weighted by atomic mass is 9.85. The predicted octanol–water partition coefficient (Wildman–Crippen LogP) is 4.27. The molecule has 0 saturated heterocycles. The van der Waals surface area contributed by atoms with Crippen molar-refractivity contribution in [2.24, 2.45) is 0 Å². The molecule has 2 aromatic rings. The molecule has 0 aliphatic rings. The molecule has 4 heteroatoms. The molecule has 2 rings (SSSR count). The second kappa shape index (κ2) is 4.94. The van der Waals surface area contributed by atoms with Gasteiger partial charge in [-0.25, -0.2) is 0 Å². The first-order valence-corrected chi connectivity index (χ1v) is 6.19. The van der Waals surface area contributed by atoms with Gasteiger partial charge in [-0.15, -0.1) is 0 Å². The van der Waals surface area contributed by atoms with Crippen LogP contribution in [0.3, 0.4) is 0 Å². The van der Waals surface area contributed by atoms with Crippen molar-refractivity contribution in [3.63, 3.8) is 0 Å². The number of hydrogen-bond acceptors (Lipinski definition) is 1. The molecule has 0 amide bonds. The number of halogens is 3. The van der Waals surface area contributed by atoms with E-state index in [0.29, 0.717) is 5.56 Å². The lowest BCUT2D eigenvalue weighted by Gasteiger charge is -2.27. The smallest absolute Gasteiger partial charge is 0.381 e. The fourth-order valence-corrected chi connectivity index (χ4v) is 2.27. The van der Waals surface area contributed by atoms with Crippen molar-refractivity contribution in [1.29, 1.82) is 0 Å². The number of alkyl halides is 3. The Balaban J connectivity index is 2.53. The zero-order valence-corrected chi connectivity index (χ0v) is 11.2. The standard InChI is InChI=1S/C16H15F3O/c1-11-6-3-4-9-14(11)15(2,20)12-7-5-8-13(10-12)16(17,18)19/h3-10,20H,1-2H3. The van der Waals surface area contributed by atoms with Crippen molar-refractivity contribution in [3.8, 4) is 0 Å². The third kappa shape index (κ3) is 2.70. The number of benzene rings is 2. The average molecular weight is 280 g/mol. The van der Waals surface area contributed by atoms with Crippen LogP contribution in [0.5, 0.6) is 0 Å². The highest BCUT2D eigenvalue weighted by Crippen LogP contribution is 2.35. The van der Waals surface area contributed by atoms with Crippen molar-refractivity contribution in [2.45, 2.75) is 25.6 Å². The molecule has 0 aliphatic carbocycles. The highest BCUT2D eigenvalue weighted by Gasteiger charge is 2.33. The van der Waals surface area contributed by atoms with E-state index in [9.17, 15) is 18.3 Å². The van der Waals surface area contributed by atoms with Gasteiger partial charge in [-0.3, -0.25) is 0 Å². The van der Waals surface area contributed by atoms with E-state index in [0.717, 1.165) is 17.7 Å². The van der Waals surface area contributed by atoms with E-state index in [-0.39, 0.29) is 5.56 Å². The monoisotopic (exact) mass is 280 g/mol. The lowest BCUT2D eigenvalue weighted by Crippen LogP contribution is -2.24. The van der Waals surface area contributed by atoms with E-state index in [1.54, 1.807) is 12.1 Å². The van der Waals surface area contributed by atoms with Crippen molar-refractivity contribution >= 4 is 0 Å². The first-order chi connectivity index (χ1) is 9.23. The number of aliphatic hydroxyl groups is 1. The Morgan fingerprint density at radius 2 is 1.50 bits per heavy atom. The largest absolute Gasteiger partial charge is 0.416 e. The number of aryl methyl sites for hydroxylation is 1. The van der Waals surface area contributed by atoms with E-state index < -0.39 is 17.3 Å². The van der Waals surface area contributed by atoms with Crippen LogP contribution in [0.1, 0.15) is 29.2 Å². The quantitative estimate of drug-likeness (QED) is 0.871. The van der Waals surface area contributed by atoms with Gasteiger partial charge in [0.2, 0.25) is 0 Å². The minimum absolute atomic E-state index is 0.224. The van der Waals surface area contributed by atoms with Crippen LogP contribution in [0.4, 0.5) is 13.2 Å². The van der Waals surface area contributed by atoms with Gasteiger partial charge in [0, 0.05) is 0 Å². The van der Waals surface area contributed by atoms with Gasteiger partial charge in [-0.2, -0.15) is 13.2 Å². The molecule has 0 heterocycles. The Labute approximate surface area is 115 Å². The molecular weight excluding hydrogens is 265 g/mol. The third-order valence-corrected chi connectivity index (χ3v) is 3.42. The van der Waals surface area contributed by atoms with Crippen LogP contribution >= 0.6 is 0 Å². The molecule has 0 aliphatic heterocycles. The fraction of sp³-hybridized carbons (Fsp3) is 0.250. The van der Waals surface area contributed by atoms with Gasteiger partial charge in [-0.1, -0.05) is 36.4 Å².